The lowest BCUT2D eigenvalue weighted by atomic mass is 10.00. The standard InChI is InChI=1S/C23H26N2O2/c1-17(20-12-7-10-18-8-3-5-11-21(18)20)25-16-23(26)24-15-14-19-9-4-6-13-22(19)27-2/h3-13,17,25H,14-16H2,1-2H3,(H,24,26)/p+1/t17-/m1/s1. The molecule has 140 valence electrons. The Labute approximate surface area is 160 Å². The molecular formula is C23H27N2O2+. The zero-order chi connectivity index (χ0) is 19.1. The lowest BCUT2D eigenvalue weighted by Gasteiger charge is -2.14. The highest BCUT2D eigenvalue weighted by molar-refractivity contribution is 5.86. The minimum Gasteiger partial charge on any atom is -0.496 e. The Kier molecular flexibility index (Phi) is 6.44. The Balaban J connectivity index is 1.50. The summed E-state index contributed by atoms with van der Waals surface area (Å²) in [5, 5.41) is 7.57. The second-order valence-corrected chi connectivity index (χ2v) is 6.71. The molecule has 4 nitrogen and oxygen atoms in total. The highest BCUT2D eigenvalue weighted by Crippen LogP contribution is 2.22. The second-order valence-electron chi connectivity index (χ2n) is 6.71. The van der Waals surface area contributed by atoms with Crippen LogP contribution in [-0.4, -0.2) is 26.1 Å². The van der Waals surface area contributed by atoms with E-state index in [1.807, 2.05) is 24.3 Å². The van der Waals surface area contributed by atoms with E-state index >= 15 is 0 Å². The summed E-state index contributed by atoms with van der Waals surface area (Å²) in [4.78, 5) is 12.2. The molecule has 0 aliphatic rings. The monoisotopic (exact) mass is 363 g/mol. The Morgan fingerprint density at radius 3 is 2.63 bits per heavy atom. The number of benzene rings is 3. The Bertz CT molecular complexity index is 902. The van der Waals surface area contributed by atoms with E-state index in [1.165, 1.54) is 16.3 Å². The summed E-state index contributed by atoms with van der Waals surface area (Å²) >= 11 is 0. The molecule has 0 spiro atoms. The highest BCUT2D eigenvalue weighted by Gasteiger charge is 2.14. The van der Waals surface area contributed by atoms with Crippen molar-refractivity contribution in [1.29, 1.82) is 0 Å². The van der Waals surface area contributed by atoms with Gasteiger partial charge in [0.25, 0.3) is 5.91 Å². The maximum atomic E-state index is 12.2. The van der Waals surface area contributed by atoms with Gasteiger partial charge in [0.05, 0.1) is 7.11 Å². The summed E-state index contributed by atoms with van der Waals surface area (Å²) in [5.74, 6) is 0.917. The molecular weight excluding hydrogens is 336 g/mol. The quantitative estimate of drug-likeness (QED) is 0.647. The summed E-state index contributed by atoms with van der Waals surface area (Å²) in [6, 6.07) is 22.8. The number of nitrogens with one attached hydrogen (secondary N) is 1. The summed E-state index contributed by atoms with van der Waals surface area (Å²) < 4.78 is 5.35. The van der Waals surface area contributed by atoms with Crippen molar-refractivity contribution in [2.45, 2.75) is 19.4 Å². The zero-order valence-electron chi connectivity index (χ0n) is 15.9. The molecule has 4 heteroatoms. The van der Waals surface area contributed by atoms with Gasteiger partial charge in [0.15, 0.2) is 6.54 Å². The van der Waals surface area contributed by atoms with Crippen molar-refractivity contribution in [3.05, 3.63) is 77.9 Å². The van der Waals surface area contributed by atoms with Crippen LogP contribution in [0.5, 0.6) is 5.75 Å². The number of amides is 1. The van der Waals surface area contributed by atoms with Crippen LogP contribution >= 0.6 is 0 Å². The largest absolute Gasteiger partial charge is 0.496 e. The van der Waals surface area contributed by atoms with Gasteiger partial charge in [0, 0.05) is 12.1 Å². The number of para-hydroxylation sites is 1. The van der Waals surface area contributed by atoms with Crippen molar-refractivity contribution in [3.63, 3.8) is 0 Å². The molecule has 0 fully saturated rings. The zero-order valence-corrected chi connectivity index (χ0v) is 15.9. The third-order valence-electron chi connectivity index (χ3n) is 4.88. The van der Waals surface area contributed by atoms with Gasteiger partial charge in [-0.15, -0.1) is 0 Å². The number of hydrogen-bond donors (Lipinski definition) is 2. The number of carbonyl (C=O) groups is 1. The van der Waals surface area contributed by atoms with Crippen molar-refractivity contribution >= 4 is 16.7 Å². The number of fused-ring (bicyclic) bond motifs is 1. The van der Waals surface area contributed by atoms with Gasteiger partial charge in [0.2, 0.25) is 0 Å². The van der Waals surface area contributed by atoms with Crippen LogP contribution < -0.4 is 15.4 Å². The fourth-order valence-electron chi connectivity index (χ4n) is 3.38. The first-order chi connectivity index (χ1) is 13.2. The molecule has 0 saturated heterocycles. The van der Waals surface area contributed by atoms with E-state index in [2.05, 4.69) is 60.0 Å². The average molecular weight is 363 g/mol. The van der Waals surface area contributed by atoms with Crippen LogP contribution in [0.3, 0.4) is 0 Å². The van der Waals surface area contributed by atoms with Crippen LogP contribution in [-0.2, 0) is 11.2 Å². The van der Waals surface area contributed by atoms with Crippen molar-refractivity contribution in [1.82, 2.24) is 5.32 Å². The Morgan fingerprint density at radius 1 is 1.04 bits per heavy atom. The fraction of sp³-hybridized carbons (Fsp3) is 0.261. The lowest BCUT2D eigenvalue weighted by Crippen LogP contribution is -2.87. The van der Waals surface area contributed by atoms with Gasteiger partial charge >= 0.3 is 0 Å². The van der Waals surface area contributed by atoms with E-state index in [0.29, 0.717) is 13.1 Å². The summed E-state index contributed by atoms with van der Waals surface area (Å²) in [5.41, 5.74) is 2.36. The molecule has 1 atom stereocenters. The van der Waals surface area contributed by atoms with Crippen molar-refractivity contribution in [2.75, 3.05) is 20.2 Å². The van der Waals surface area contributed by atoms with Gasteiger partial charge < -0.3 is 15.4 Å². The van der Waals surface area contributed by atoms with Crippen LogP contribution in [0.15, 0.2) is 66.7 Å². The first-order valence-electron chi connectivity index (χ1n) is 9.38. The van der Waals surface area contributed by atoms with Crippen LogP contribution in [0.1, 0.15) is 24.1 Å². The second kappa shape index (κ2) is 9.19. The number of carbonyl (C=O) groups excluding carboxylic acids is 1. The van der Waals surface area contributed by atoms with Crippen molar-refractivity contribution in [2.24, 2.45) is 0 Å². The SMILES string of the molecule is COc1ccccc1CCNC(=O)C[NH2+][C@H](C)c1cccc2ccccc12. The predicted octanol–water partition coefficient (Wildman–Crippen LogP) is 2.83. The molecule has 0 saturated carbocycles. The minimum absolute atomic E-state index is 0.0528. The third kappa shape index (κ3) is 4.86. The summed E-state index contributed by atoms with van der Waals surface area (Å²) in [6.07, 6.45) is 0.759. The molecule has 3 aromatic carbocycles. The van der Waals surface area contributed by atoms with Crippen LogP contribution in [0.25, 0.3) is 10.8 Å². The van der Waals surface area contributed by atoms with E-state index in [-0.39, 0.29) is 11.9 Å². The van der Waals surface area contributed by atoms with Crippen LogP contribution in [0.4, 0.5) is 0 Å². The lowest BCUT2D eigenvalue weighted by molar-refractivity contribution is -0.682. The molecule has 1 amide bonds. The number of methoxy groups -OCH3 is 1. The van der Waals surface area contributed by atoms with E-state index in [9.17, 15) is 4.79 Å². The van der Waals surface area contributed by atoms with E-state index in [1.54, 1.807) is 7.11 Å². The van der Waals surface area contributed by atoms with Gasteiger partial charge in [-0.3, -0.25) is 4.79 Å². The smallest absolute Gasteiger partial charge is 0.275 e. The molecule has 0 aliphatic carbocycles. The van der Waals surface area contributed by atoms with Crippen LogP contribution in [0, 0.1) is 0 Å². The molecule has 0 aromatic heterocycles. The number of hydrogen-bond acceptors (Lipinski definition) is 2. The van der Waals surface area contributed by atoms with Crippen molar-refractivity contribution < 1.29 is 14.8 Å². The minimum atomic E-state index is 0.0528. The van der Waals surface area contributed by atoms with E-state index < -0.39 is 0 Å². The average Bonchev–Trinajstić information content (AvgIpc) is 2.72. The summed E-state index contributed by atoms with van der Waals surface area (Å²) in [7, 11) is 1.67. The van der Waals surface area contributed by atoms with Crippen molar-refractivity contribution in [3.8, 4) is 5.75 Å². The van der Waals surface area contributed by atoms with Gasteiger partial charge in [-0.1, -0.05) is 60.7 Å². The molecule has 27 heavy (non-hydrogen) atoms. The first-order valence-corrected chi connectivity index (χ1v) is 9.38. The maximum absolute atomic E-state index is 12.2. The topological polar surface area (TPSA) is 54.9 Å². The maximum Gasteiger partial charge on any atom is 0.275 e. The first kappa shape index (κ1) is 18.9. The van der Waals surface area contributed by atoms with Crippen LogP contribution in [0.2, 0.25) is 0 Å². The molecule has 3 N–H and O–H groups in total. The number of ether oxygens (including phenoxy) is 1. The molecule has 3 aromatic rings. The summed E-state index contributed by atoms with van der Waals surface area (Å²) in [6.45, 7) is 3.16. The molecule has 3 rings (SSSR count). The van der Waals surface area contributed by atoms with Gasteiger partial charge in [-0.25, -0.2) is 0 Å². The van der Waals surface area contributed by atoms with Gasteiger partial charge in [-0.2, -0.15) is 0 Å². The number of rotatable bonds is 8. The van der Waals surface area contributed by atoms with E-state index in [4.69, 9.17) is 4.74 Å². The highest BCUT2D eigenvalue weighted by atomic mass is 16.5. The molecule has 0 heterocycles. The molecule has 0 aliphatic heterocycles. The van der Waals surface area contributed by atoms with Gasteiger partial charge in [0.1, 0.15) is 11.8 Å². The Hall–Kier alpha value is -2.85. The number of quaternary nitrogens is 1. The fourth-order valence-corrected chi connectivity index (χ4v) is 3.38. The molecule has 0 unspecified atom stereocenters. The van der Waals surface area contributed by atoms with Gasteiger partial charge in [-0.05, 0) is 35.7 Å². The normalized spacial score (nSPS) is 11.9. The Morgan fingerprint density at radius 2 is 1.78 bits per heavy atom. The van der Waals surface area contributed by atoms with E-state index in [0.717, 1.165) is 17.7 Å². The third-order valence-corrected chi connectivity index (χ3v) is 4.88. The molecule has 0 bridgehead atoms. The molecule has 0 radical (unpaired) electrons. The predicted molar refractivity (Wildman–Crippen MR) is 109 cm³/mol. The number of nitrogens with two attached hydrogens (primary N) is 1.